The first-order valence-electron chi connectivity index (χ1n) is 4.57. The summed E-state index contributed by atoms with van der Waals surface area (Å²) in [6.45, 7) is 2.04. The lowest BCUT2D eigenvalue weighted by Crippen LogP contribution is -1.99. The third kappa shape index (κ3) is 2.63. The predicted octanol–water partition coefficient (Wildman–Crippen LogP) is 2.54. The molecule has 14 heavy (non-hydrogen) atoms. The molecule has 1 rings (SSSR count). The first-order chi connectivity index (χ1) is 6.75. The van der Waals surface area contributed by atoms with Crippen LogP contribution in [-0.4, -0.2) is 11.1 Å². The second-order valence-corrected chi connectivity index (χ2v) is 2.90. The van der Waals surface area contributed by atoms with Crippen LogP contribution < -0.4 is 0 Å². The van der Waals surface area contributed by atoms with Crippen LogP contribution in [0.1, 0.15) is 35.7 Å². The third-order valence-electron chi connectivity index (χ3n) is 1.76. The van der Waals surface area contributed by atoms with Gasteiger partial charge in [0.2, 0.25) is 0 Å². The molecule has 2 heteroatoms. The van der Waals surface area contributed by atoms with Gasteiger partial charge in [0.15, 0.2) is 0 Å². The molecule has 0 aliphatic carbocycles. The van der Waals surface area contributed by atoms with Gasteiger partial charge in [0, 0.05) is 12.0 Å². The fraction of sp³-hybridized carbons (Fsp3) is 0.250. The molecule has 0 aliphatic rings. The van der Waals surface area contributed by atoms with Gasteiger partial charge in [-0.25, -0.2) is 4.79 Å². The molecule has 1 aromatic carbocycles. The number of hydrogen-bond donors (Lipinski definition) is 1. The Bertz CT molecular complexity index is 383. The van der Waals surface area contributed by atoms with Crippen molar-refractivity contribution in [1.82, 2.24) is 0 Å². The summed E-state index contributed by atoms with van der Waals surface area (Å²) >= 11 is 0. The molecule has 0 fully saturated rings. The monoisotopic (exact) mass is 188 g/mol. The first kappa shape index (κ1) is 10.3. The van der Waals surface area contributed by atoms with Gasteiger partial charge in [-0.2, -0.15) is 0 Å². The summed E-state index contributed by atoms with van der Waals surface area (Å²) in [5.74, 6) is 4.87. The van der Waals surface area contributed by atoms with E-state index in [1.807, 2.05) is 6.92 Å². The lowest BCUT2D eigenvalue weighted by atomic mass is 10.1. The Morgan fingerprint density at radius 1 is 1.43 bits per heavy atom. The summed E-state index contributed by atoms with van der Waals surface area (Å²) < 4.78 is 0. The molecule has 1 aromatic rings. The second-order valence-electron chi connectivity index (χ2n) is 2.90. The molecule has 0 amide bonds. The molecule has 0 bridgehead atoms. The summed E-state index contributed by atoms with van der Waals surface area (Å²) in [6, 6.07) is 6.79. The Morgan fingerprint density at radius 2 is 2.14 bits per heavy atom. The first-order valence-corrected chi connectivity index (χ1v) is 4.57. The third-order valence-corrected chi connectivity index (χ3v) is 1.76. The van der Waals surface area contributed by atoms with E-state index in [9.17, 15) is 4.79 Å². The van der Waals surface area contributed by atoms with Gasteiger partial charge in [-0.1, -0.05) is 30.9 Å². The van der Waals surface area contributed by atoms with Crippen molar-refractivity contribution in [2.75, 3.05) is 0 Å². The van der Waals surface area contributed by atoms with E-state index in [0.717, 1.165) is 12.8 Å². The number of carboxylic acid groups (broad SMARTS) is 1. The highest BCUT2D eigenvalue weighted by Crippen LogP contribution is 2.06. The highest BCUT2D eigenvalue weighted by molar-refractivity contribution is 5.90. The van der Waals surface area contributed by atoms with Crippen LogP contribution >= 0.6 is 0 Å². The fourth-order valence-corrected chi connectivity index (χ4v) is 1.06. The van der Waals surface area contributed by atoms with Gasteiger partial charge in [0.25, 0.3) is 0 Å². The lowest BCUT2D eigenvalue weighted by molar-refractivity contribution is 0.0696. The van der Waals surface area contributed by atoms with E-state index in [0.29, 0.717) is 5.56 Å². The number of carbonyl (C=O) groups is 1. The topological polar surface area (TPSA) is 37.3 Å². The van der Waals surface area contributed by atoms with Gasteiger partial charge in [-0.05, 0) is 18.6 Å². The normalized spacial score (nSPS) is 8.93. The molecule has 0 unspecified atom stereocenters. The van der Waals surface area contributed by atoms with E-state index in [-0.39, 0.29) is 5.56 Å². The molecule has 1 N–H and O–H groups in total. The van der Waals surface area contributed by atoms with E-state index in [2.05, 4.69) is 11.8 Å². The zero-order valence-electron chi connectivity index (χ0n) is 8.08. The average molecular weight is 188 g/mol. The highest BCUT2D eigenvalue weighted by Gasteiger charge is 2.05. The SMILES string of the molecule is CCCC#Cc1ccccc1C(=O)O. The predicted molar refractivity (Wildman–Crippen MR) is 55.2 cm³/mol. The summed E-state index contributed by atoms with van der Waals surface area (Å²) in [5.41, 5.74) is 0.865. The minimum Gasteiger partial charge on any atom is -0.478 e. The van der Waals surface area contributed by atoms with Crippen LogP contribution in [0.25, 0.3) is 0 Å². The van der Waals surface area contributed by atoms with E-state index in [4.69, 9.17) is 5.11 Å². The molecular formula is C12H12O2. The molecule has 0 radical (unpaired) electrons. The molecule has 0 spiro atoms. The van der Waals surface area contributed by atoms with Crippen LogP contribution in [0.3, 0.4) is 0 Å². The van der Waals surface area contributed by atoms with Crippen LogP contribution in [0, 0.1) is 11.8 Å². The minimum atomic E-state index is -0.925. The maximum absolute atomic E-state index is 10.8. The average Bonchev–Trinajstić information content (AvgIpc) is 2.19. The second kappa shape index (κ2) is 5.08. The number of hydrogen-bond acceptors (Lipinski definition) is 1. The zero-order chi connectivity index (χ0) is 10.4. The van der Waals surface area contributed by atoms with Crippen LogP contribution in [0.4, 0.5) is 0 Å². The van der Waals surface area contributed by atoms with E-state index in [1.165, 1.54) is 0 Å². The maximum Gasteiger partial charge on any atom is 0.336 e. The maximum atomic E-state index is 10.8. The van der Waals surface area contributed by atoms with Crippen molar-refractivity contribution in [3.63, 3.8) is 0 Å². The molecule has 2 nitrogen and oxygen atoms in total. The number of rotatable bonds is 2. The Labute approximate surface area is 83.6 Å². The van der Waals surface area contributed by atoms with Gasteiger partial charge < -0.3 is 5.11 Å². The Morgan fingerprint density at radius 3 is 2.79 bits per heavy atom. The van der Waals surface area contributed by atoms with Crippen molar-refractivity contribution in [2.45, 2.75) is 19.8 Å². The molecule has 0 atom stereocenters. The quantitative estimate of drug-likeness (QED) is 0.724. The molecule has 0 heterocycles. The molecule has 0 saturated carbocycles. The number of benzene rings is 1. The molecule has 0 aliphatic heterocycles. The number of aromatic carboxylic acids is 1. The molecule has 0 aromatic heterocycles. The van der Waals surface area contributed by atoms with Gasteiger partial charge in [0.1, 0.15) is 0 Å². The summed E-state index contributed by atoms with van der Waals surface area (Å²) in [7, 11) is 0. The standard InChI is InChI=1S/C12H12O2/c1-2-3-4-7-10-8-5-6-9-11(10)12(13)14/h5-6,8-9H,2-3H2,1H3,(H,13,14). The van der Waals surface area contributed by atoms with Gasteiger partial charge in [0.05, 0.1) is 5.56 Å². The summed E-state index contributed by atoms with van der Waals surface area (Å²) in [5, 5.41) is 8.85. The summed E-state index contributed by atoms with van der Waals surface area (Å²) in [4.78, 5) is 10.8. The van der Waals surface area contributed by atoms with Gasteiger partial charge in [-0.15, -0.1) is 0 Å². The number of carboxylic acids is 1. The van der Waals surface area contributed by atoms with Crippen LogP contribution in [0.2, 0.25) is 0 Å². The molecular weight excluding hydrogens is 176 g/mol. The van der Waals surface area contributed by atoms with Crippen molar-refractivity contribution >= 4 is 5.97 Å². The van der Waals surface area contributed by atoms with Crippen LogP contribution in [0.5, 0.6) is 0 Å². The minimum absolute atomic E-state index is 0.274. The Balaban J connectivity index is 2.97. The lowest BCUT2D eigenvalue weighted by Gasteiger charge is -1.96. The van der Waals surface area contributed by atoms with Crippen molar-refractivity contribution in [3.05, 3.63) is 35.4 Å². The smallest absolute Gasteiger partial charge is 0.336 e. The van der Waals surface area contributed by atoms with Crippen LogP contribution in [-0.2, 0) is 0 Å². The van der Waals surface area contributed by atoms with Crippen molar-refractivity contribution in [1.29, 1.82) is 0 Å². The highest BCUT2D eigenvalue weighted by atomic mass is 16.4. The van der Waals surface area contributed by atoms with Gasteiger partial charge in [-0.3, -0.25) is 0 Å². The molecule has 72 valence electrons. The zero-order valence-corrected chi connectivity index (χ0v) is 8.08. The number of unbranched alkanes of at least 4 members (excludes halogenated alkanes) is 1. The van der Waals surface area contributed by atoms with Gasteiger partial charge >= 0.3 is 5.97 Å². The fourth-order valence-electron chi connectivity index (χ4n) is 1.06. The largest absolute Gasteiger partial charge is 0.478 e. The Hall–Kier alpha value is -1.75. The van der Waals surface area contributed by atoms with Crippen LogP contribution in [0.15, 0.2) is 24.3 Å². The van der Waals surface area contributed by atoms with Crippen molar-refractivity contribution in [2.24, 2.45) is 0 Å². The van der Waals surface area contributed by atoms with E-state index >= 15 is 0 Å². The van der Waals surface area contributed by atoms with E-state index < -0.39 is 5.97 Å². The summed E-state index contributed by atoms with van der Waals surface area (Å²) in [6.07, 6.45) is 1.79. The van der Waals surface area contributed by atoms with Crippen molar-refractivity contribution < 1.29 is 9.90 Å². The Kier molecular flexibility index (Phi) is 3.75. The molecule has 0 saturated heterocycles. The van der Waals surface area contributed by atoms with E-state index in [1.54, 1.807) is 24.3 Å². The van der Waals surface area contributed by atoms with Crippen molar-refractivity contribution in [3.8, 4) is 11.8 Å².